The van der Waals surface area contributed by atoms with E-state index in [1.807, 2.05) is 6.20 Å². The molecule has 3 aliphatic heterocycles. The fraction of sp³-hybridized carbons (Fsp3) is 0.778. The molecule has 6 nitrogen and oxygen atoms in total. The molecule has 1 atom stereocenters. The first-order chi connectivity index (χ1) is 11.8. The average molecular weight is 332 g/mol. The zero-order valence-corrected chi connectivity index (χ0v) is 14.5. The molecule has 0 spiro atoms. The number of rotatable bonds is 4. The molecular weight excluding hydrogens is 304 g/mol. The van der Waals surface area contributed by atoms with Crippen LogP contribution in [0, 0.1) is 0 Å². The van der Waals surface area contributed by atoms with Gasteiger partial charge in [-0.2, -0.15) is 5.10 Å². The van der Waals surface area contributed by atoms with Crippen LogP contribution in [0.15, 0.2) is 6.20 Å². The van der Waals surface area contributed by atoms with Crippen molar-refractivity contribution in [2.24, 2.45) is 0 Å². The summed E-state index contributed by atoms with van der Waals surface area (Å²) in [5, 5.41) is 4.47. The van der Waals surface area contributed by atoms with Crippen LogP contribution in [0.4, 0.5) is 0 Å². The first-order valence-corrected chi connectivity index (χ1v) is 9.44. The summed E-state index contributed by atoms with van der Waals surface area (Å²) in [5.41, 5.74) is 2.44. The maximum absolute atomic E-state index is 12.9. The highest BCUT2D eigenvalue weighted by molar-refractivity contribution is 5.79. The van der Waals surface area contributed by atoms with Crippen LogP contribution in [0.3, 0.4) is 0 Å². The summed E-state index contributed by atoms with van der Waals surface area (Å²) in [7, 11) is 0. The topological polar surface area (TPSA) is 50.6 Å². The van der Waals surface area contributed by atoms with Gasteiger partial charge in [-0.05, 0) is 32.1 Å². The van der Waals surface area contributed by atoms with Gasteiger partial charge in [0.1, 0.15) is 0 Å². The number of carbonyl (C=O) groups is 1. The van der Waals surface area contributed by atoms with E-state index in [1.54, 1.807) is 0 Å². The number of aromatic nitrogens is 2. The number of nitrogens with zero attached hydrogens (tertiary/aromatic N) is 4. The van der Waals surface area contributed by atoms with Crippen LogP contribution >= 0.6 is 0 Å². The predicted octanol–water partition coefficient (Wildman–Crippen LogP) is 1.09. The lowest BCUT2D eigenvalue weighted by Crippen LogP contribution is -2.47. The molecule has 1 aromatic heterocycles. The fourth-order valence-corrected chi connectivity index (χ4v) is 4.33. The zero-order valence-electron chi connectivity index (χ0n) is 14.5. The van der Waals surface area contributed by atoms with E-state index < -0.39 is 0 Å². The molecule has 24 heavy (non-hydrogen) atoms. The van der Waals surface area contributed by atoms with Crippen molar-refractivity contribution in [3.05, 3.63) is 17.5 Å². The zero-order chi connectivity index (χ0) is 16.4. The van der Waals surface area contributed by atoms with Crippen molar-refractivity contribution < 1.29 is 9.53 Å². The van der Waals surface area contributed by atoms with E-state index in [4.69, 9.17) is 4.74 Å². The summed E-state index contributed by atoms with van der Waals surface area (Å²) in [6.45, 7) is 6.56. The normalized spacial score (nSPS) is 25.0. The molecule has 0 N–H and O–H groups in total. The number of fused-ring (bicyclic) bond motifs is 1. The van der Waals surface area contributed by atoms with E-state index in [0.29, 0.717) is 12.5 Å². The van der Waals surface area contributed by atoms with Crippen molar-refractivity contribution in [1.82, 2.24) is 19.6 Å². The molecule has 0 radical (unpaired) electrons. The van der Waals surface area contributed by atoms with Gasteiger partial charge in [0.05, 0.1) is 25.8 Å². The van der Waals surface area contributed by atoms with Crippen LogP contribution in [0.2, 0.25) is 0 Å². The highest BCUT2D eigenvalue weighted by atomic mass is 16.5. The maximum atomic E-state index is 12.9. The Balaban J connectivity index is 1.38. The van der Waals surface area contributed by atoms with Crippen molar-refractivity contribution in [2.45, 2.75) is 51.1 Å². The summed E-state index contributed by atoms with van der Waals surface area (Å²) >= 11 is 0. The Morgan fingerprint density at radius 1 is 1.17 bits per heavy atom. The van der Waals surface area contributed by atoms with Crippen molar-refractivity contribution >= 4 is 5.91 Å². The SMILES string of the molecule is O=C(Cc1cnn2c1CCCC2)N1CCC[C@H]1CN1CCOCC1. The molecule has 1 amide bonds. The lowest BCUT2D eigenvalue weighted by molar-refractivity contribution is -0.131. The third-order valence-electron chi connectivity index (χ3n) is 5.68. The molecule has 2 saturated heterocycles. The number of carbonyl (C=O) groups excluding carboxylic acids is 1. The predicted molar refractivity (Wildman–Crippen MR) is 90.9 cm³/mol. The number of amides is 1. The van der Waals surface area contributed by atoms with Crippen LogP contribution in [0.5, 0.6) is 0 Å². The molecule has 0 unspecified atom stereocenters. The fourth-order valence-electron chi connectivity index (χ4n) is 4.33. The average Bonchev–Trinajstić information content (AvgIpc) is 3.23. The van der Waals surface area contributed by atoms with Gasteiger partial charge in [-0.15, -0.1) is 0 Å². The third kappa shape index (κ3) is 3.35. The van der Waals surface area contributed by atoms with Gasteiger partial charge >= 0.3 is 0 Å². The van der Waals surface area contributed by atoms with Crippen molar-refractivity contribution in [1.29, 1.82) is 0 Å². The minimum atomic E-state index is 0.284. The van der Waals surface area contributed by atoms with E-state index in [0.717, 1.165) is 70.8 Å². The van der Waals surface area contributed by atoms with Crippen molar-refractivity contribution in [2.75, 3.05) is 39.4 Å². The van der Waals surface area contributed by atoms with E-state index >= 15 is 0 Å². The second-order valence-corrected chi connectivity index (χ2v) is 7.27. The monoisotopic (exact) mass is 332 g/mol. The van der Waals surface area contributed by atoms with Crippen molar-refractivity contribution in [3.63, 3.8) is 0 Å². The molecule has 6 heteroatoms. The standard InChI is InChI=1S/C18H28N4O2/c23-18(12-15-13-19-22-7-2-1-5-17(15)22)21-6-3-4-16(21)14-20-8-10-24-11-9-20/h13,16H,1-12,14H2/t16-/m0/s1. The van der Waals surface area contributed by atoms with Gasteiger partial charge in [-0.1, -0.05) is 0 Å². The molecular formula is C18H28N4O2. The Bertz CT molecular complexity index is 580. The minimum absolute atomic E-state index is 0.284. The van der Waals surface area contributed by atoms with Gasteiger partial charge in [0.25, 0.3) is 0 Å². The van der Waals surface area contributed by atoms with Gasteiger partial charge in [0, 0.05) is 50.0 Å². The molecule has 3 aliphatic rings. The molecule has 0 saturated carbocycles. The van der Waals surface area contributed by atoms with Crippen LogP contribution in [-0.4, -0.2) is 70.9 Å². The van der Waals surface area contributed by atoms with Gasteiger partial charge in [0.15, 0.2) is 0 Å². The number of hydrogen-bond acceptors (Lipinski definition) is 4. The Kier molecular flexibility index (Phi) is 4.85. The summed E-state index contributed by atoms with van der Waals surface area (Å²) in [6.07, 6.45) is 8.20. The lowest BCUT2D eigenvalue weighted by atomic mass is 10.0. The molecule has 0 aliphatic carbocycles. The molecule has 4 heterocycles. The summed E-state index contributed by atoms with van der Waals surface area (Å²) in [5.74, 6) is 0.284. The number of aryl methyl sites for hydroxylation is 1. The van der Waals surface area contributed by atoms with Crippen molar-refractivity contribution in [3.8, 4) is 0 Å². The summed E-state index contributed by atoms with van der Waals surface area (Å²) in [4.78, 5) is 17.5. The quantitative estimate of drug-likeness (QED) is 0.828. The van der Waals surface area contributed by atoms with Gasteiger partial charge in [0.2, 0.25) is 5.91 Å². The van der Waals surface area contributed by atoms with E-state index in [1.165, 1.54) is 18.5 Å². The van der Waals surface area contributed by atoms with E-state index in [2.05, 4.69) is 19.6 Å². The van der Waals surface area contributed by atoms with Crippen LogP contribution < -0.4 is 0 Å². The maximum Gasteiger partial charge on any atom is 0.227 e. The smallest absolute Gasteiger partial charge is 0.227 e. The molecule has 1 aromatic rings. The Hall–Kier alpha value is -1.40. The first kappa shape index (κ1) is 16.1. The second-order valence-electron chi connectivity index (χ2n) is 7.27. The van der Waals surface area contributed by atoms with Crippen LogP contribution in [-0.2, 0) is 28.9 Å². The van der Waals surface area contributed by atoms with Crippen LogP contribution in [0.1, 0.15) is 36.9 Å². The number of hydrogen-bond donors (Lipinski definition) is 0. The molecule has 4 rings (SSSR count). The molecule has 0 aromatic carbocycles. The van der Waals surface area contributed by atoms with Gasteiger partial charge in [-0.25, -0.2) is 0 Å². The van der Waals surface area contributed by atoms with Gasteiger partial charge in [-0.3, -0.25) is 14.4 Å². The Morgan fingerprint density at radius 2 is 2.04 bits per heavy atom. The van der Waals surface area contributed by atoms with E-state index in [-0.39, 0.29) is 5.91 Å². The third-order valence-corrected chi connectivity index (χ3v) is 5.68. The van der Waals surface area contributed by atoms with E-state index in [9.17, 15) is 4.79 Å². The Morgan fingerprint density at radius 3 is 2.92 bits per heavy atom. The van der Waals surface area contributed by atoms with Gasteiger partial charge < -0.3 is 9.64 Å². The number of morpholine rings is 1. The summed E-state index contributed by atoms with van der Waals surface area (Å²) < 4.78 is 7.53. The van der Waals surface area contributed by atoms with Crippen LogP contribution in [0.25, 0.3) is 0 Å². The Labute approximate surface area is 143 Å². The highest BCUT2D eigenvalue weighted by Crippen LogP contribution is 2.23. The molecule has 0 bridgehead atoms. The highest BCUT2D eigenvalue weighted by Gasteiger charge is 2.31. The first-order valence-electron chi connectivity index (χ1n) is 9.44. The molecule has 132 valence electrons. The second kappa shape index (κ2) is 7.23. The summed E-state index contributed by atoms with van der Waals surface area (Å²) in [6, 6.07) is 0.377. The largest absolute Gasteiger partial charge is 0.379 e. The number of ether oxygens (including phenoxy) is 1. The minimum Gasteiger partial charge on any atom is -0.379 e. The molecule has 2 fully saturated rings. The number of likely N-dealkylation sites (tertiary alicyclic amines) is 1. The lowest BCUT2D eigenvalue weighted by Gasteiger charge is -2.33.